The van der Waals surface area contributed by atoms with Crippen LogP contribution in [-0.4, -0.2) is 25.5 Å². The highest BCUT2D eigenvalue weighted by molar-refractivity contribution is 7.87. The summed E-state index contributed by atoms with van der Waals surface area (Å²) in [7, 11) is -4.05. The molecule has 10 heteroatoms. The lowest BCUT2D eigenvalue weighted by molar-refractivity contribution is -0.139. The van der Waals surface area contributed by atoms with Gasteiger partial charge >= 0.3 is 12.1 Å². The Morgan fingerprint density at radius 3 is 2.18 bits per heavy atom. The van der Waals surface area contributed by atoms with Crippen molar-refractivity contribution in [2.75, 3.05) is 0 Å². The molecule has 0 spiro atoms. The van der Waals surface area contributed by atoms with E-state index in [0.717, 1.165) is 12.1 Å². The molecule has 1 aromatic carbocycles. The fourth-order valence-corrected chi connectivity index (χ4v) is 3.03. The Morgan fingerprint density at radius 2 is 1.77 bits per heavy atom. The lowest BCUT2D eigenvalue weighted by atomic mass is 10.1. The summed E-state index contributed by atoms with van der Waals surface area (Å²) in [6.07, 6.45) is -3.22. The normalized spacial score (nSPS) is 17.2. The van der Waals surface area contributed by atoms with Gasteiger partial charge in [0.1, 0.15) is 6.04 Å². The Balaban J connectivity index is 2.19. The molecule has 2 rings (SSSR count). The number of carboxylic acid groups (broad SMARTS) is 1. The molecule has 1 unspecified atom stereocenters. The number of hydrogen-bond donors (Lipinski definition) is 3. The van der Waals surface area contributed by atoms with Gasteiger partial charge in [0.05, 0.1) is 5.56 Å². The summed E-state index contributed by atoms with van der Waals surface area (Å²) in [5.74, 6) is -1.51. The van der Waals surface area contributed by atoms with E-state index in [2.05, 4.69) is 4.72 Å². The molecule has 3 N–H and O–H groups in total. The zero-order chi connectivity index (χ0) is 16.5. The second-order valence-electron chi connectivity index (χ2n) is 4.90. The Kier molecular flexibility index (Phi) is 4.45. The molecule has 0 aromatic heterocycles. The molecule has 0 radical (unpaired) electrons. The maximum Gasteiger partial charge on any atom is 0.416 e. The quantitative estimate of drug-likeness (QED) is 0.731. The van der Waals surface area contributed by atoms with Crippen LogP contribution in [0.2, 0.25) is 0 Å². The number of carboxylic acids is 1. The first kappa shape index (κ1) is 16.7. The number of rotatable bonds is 6. The molecule has 0 saturated heterocycles. The van der Waals surface area contributed by atoms with Crippen molar-refractivity contribution in [3.63, 3.8) is 0 Å². The first-order valence-corrected chi connectivity index (χ1v) is 7.76. The van der Waals surface area contributed by atoms with E-state index in [0.29, 0.717) is 25.0 Å². The van der Waals surface area contributed by atoms with Crippen molar-refractivity contribution < 1.29 is 31.5 Å². The van der Waals surface area contributed by atoms with E-state index in [1.54, 1.807) is 0 Å². The SMILES string of the molecule is O=C(O)C(NS(=O)(=O)NC1CC1)c1ccc(C(F)(F)F)cc1. The van der Waals surface area contributed by atoms with E-state index in [1.807, 2.05) is 4.72 Å². The van der Waals surface area contributed by atoms with Crippen molar-refractivity contribution in [3.05, 3.63) is 35.4 Å². The fraction of sp³-hybridized carbons (Fsp3) is 0.417. The van der Waals surface area contributed by atoms with Crippen molar-refractivity contribution in [1.29, 1.82) is 0 Å². The Labute approximate surface area is 124 Å². The molecule has 0 aliphatic heterocycles. The highest BCUT2D eigenvalue weighted by atomic mass is 32.2. The molecule has 1 atom stereocenters. The van der Waals surface area contributed by atoms with E-state index in [9.17, 15) is 26.4 Å². The summed E-state index contributed by atoms with van der Waals surface area (Å²) in [5, 5.41) is 9.09. The molecule has 1 saturated carbocycles. The van der Waals surface area contributed by atoms with Crippen LogP contribution in [0.1, 0.15) is 30.0 Å². The van der Waals surface area contributed by atoms with Crippen LogP contribution in [-0.2, 0) is 21.2 Å². The highest BCUT2D eigenvalue weighted by Gasteiger charge is 2.33. The number of aliphatic carboxylic acids is 1. The van der Waals surface area contributed by atoms with Gasteiger partial charge in [0, 0.05) is 6.04 Å². The van der Waals surface area contributed by atoms with Gasteiger partial charge in [0.25, 0.3) is 10.2 Å². The monoisotopic (exact) mass is 338 g/mol. The first-order valence-electron chi connectivity index (χ1n) is 6.28. The summed E-state index contributed by atoms with van der Waals surface area (Å²) in [6, 6.07) is 1.38. The number of benzene rings is 1. The molecule has 1 fully saturated rings. The smallest absolute Gasteiger partial charge is 0.416 e. The van der Waals surface area contributed by atoms with E-state index < -0.39 is 34.0 Å². The van der Waals surface area contributed by atoms with Gasteiger partial charge in [-0.25, -0.2) is 0 Å². The standard InChI is InChI=1S/C12H13F3N2O4S/c13-12(14,15)8-3-1-7(2-4-8)10(11(18)19)17-22(20,21)16-9-5-6-9/h1-4,9-10,16-17H,5-6H2,(H,18,19). The summed E-state index contributed by atoms with van der Waals surface area (Å²) in [4.78, 5) is 11.2. The van der Waals surface area contributed by atoms with Crippen molar-refractivity contribution in [1.82, 2.24) is 9.44 Å². The first-order chi connectivity index (χ1) is 10.1. The topological polar surface area (TPSA) is 95.5 Å². The number of alkyl halides is 3. The lowest BCUT2D eigenvalue weighted by Gasteiger charge is -2.16. The zero-order valence-corrected chi connectivity index (χ0v) is 11.9. The second kappa shape index (κ2) is 5.86. The minimum absolute atomic E-state index is 0.0957. The van der Waals surface area contributed by atoms with Crippen LogP contribution in [0.5, 0.6) is 0 Å². The van der Waals surface area contributed by atoms with Gasteiger partial charge in [0.2, 0.25) is 0 Å². The molecule has 0 bridgehead atoms. The van der Waals surface area contributed by atoms with E-state index in [1.165, 1.54) is 0 Å². The van der Waals surface area contributed by atoms with Crippen molar-refractivity contribution in [2.24, 2.45) is 0 Å². The van der Waals surface area contributed by atoms with Gasteiger partial charge in [-0.05, 0) is 30.5 Å². The van der Waals surface area contributed by atoms with Crippen LogP contribution in [0, 0.1) is 0 Å². The number of carbonyl (C=O) groups is 1. The van der Waals surface area contributed by atoms with Gasteiger partial charge in [-0.3, -0.25) is 4.79 Å². The molecule has 1 aliphatic carbocycles. The van der Waals surface area contributed by atoms with Gasteiger partial charge in [0.15, 0.2) is 0 Å². The van der Waals surface area contributed by atoms with Crippen molar-refractivity contribution in [2.45, 2.75) is 31.1 Å². The molecule has 0 amide bonds. The van der Waals surface area contributed by atoms with Crippen molar-refractivity contribution in [3.8, 4) is 0 Å². The highest BCUT2D eigenvalue weighted by Crippen LogP contribution is 2.30. The fourth-order valence-electron chi connectivity index (χ4n) is 1.74. The average molecular weight is 338 g/mol. The van der Waals surface area contributed by atoms with E-state index >= 15 is 0 Å². The third kappa shape index (κ3) is 4.42. The van der Waals surface area contributed by atoms with Crippen LogP contribution in [0.4, 0.5) is 13.2 Å². The predicted octanol–water partition coefficient (Wildman–Crippen LogP) is 1.42. The number of hydrogen-bond acceptors (Lipinski definition) is 3. The molecule has 0 heterocycles. The summed E-state index contributed by atoms with van der Waals surface area (Å²) in [5.41, 5.74) is -1.04. The number of halogens is 3. The Morgan fingerprint density at radius 1 is 1.23 bits per heavy atom. The molecule has 122 valence electrons. The van der Waals surface area contributed by atoms with Crippen LogP contribution in [0.15, 0.2) is 24.3 Å². The summed E-state index contributed by atoms with van der Waals surface area (Å²) in [6.45, 7) is 0. The zero-order valence-electron chi connectivity index (χ0n) is 11.1. The van der Waals surface area contributed by atoms with Gasteiger partial charge < -0.3 is 5.11 Å². The second-order valence-corrected chi connectivity index (χ2v) is 6.38. The molecule has 1 aromatic rings. The maximum atomic E-state index is 12.5. The van der Waals surface area contributed by atoms with Crippen LogP contribution in [0.3, 0.4) is 0 Å². The maximum absolute atomic E-state index is 12.5. The summed E-state index contributed by atoms with van der Waals surface area (Å²) < 4.78 is 65.0. The minimum Gasteiger partial charge on any atom is -0.480 e. The third-order valence-electron chi connectivity index (χ3n) is 2.99. The van der Waals surface area contributed by atoms with Gasteiger partial charge in [-0.2, -0.15) is 31.0 Å². The van der Waals surface area contributed by atoms with Crippen LogP contribution in [0.25, 0.3) is 0 Å². The summed E-state index contributed by atoms with van der Waals surface area (Å²) >= 11 is 0. The van der Waals surface area contributed by atoms with Crippen LogP contribution < -0.4 is 9.44 Å². The molecule has 22 heavy (non-hydrogen) atoms. The van der Waals surface area contributed by atoms with Crippen molar-refractivity contribution >= 4 is 16.2 Å². The lowest BCUT2D eigenvalue weighted by Crippen LogP contribution is -2.42. The molecule has 1 aliphatic rings. The molecular weight excluding hydrogens is 325 g/mol. The molecule has 6 nitrogen and oxygen atoms in total. The third-order valence-corrected chi connectivity index (χ3v) is 4.18. The molecular formula is C12H13F3N2O4S. The Bertz CT molecular complexity index is 654. The minimum atomic E-state index is -4.55. The predicted molar refractivity (Wildman–Crippen MR) is 70.0 cm³/mol. The van der Waals surface area contributed by atoms with Gasteiger partial charge in [-0.1, -0.05) is 12.1 Å². The Hall–Kier alpha value is -1.65. The van der Waals surface area contributed by atoms with Gasteiger partial charge in [-0.15, -0.1) is 0 Å². The van der Waals surface area contributed by atoms with E-state index in [-0.39, 0.29) is 11.6 Å². The van der Waals surface area contributed by atoms with Crippen LogP contribution >= 0.6 is 0 Å². The largest absolute Gasteiger partial charge is 0.480 e. The average Bonchev–Trinajstić information content (AvgIpc) is 3.18. The number of nitrogens with one attached hydrogen (secondary N) is 2. The van der Waals surface area contributed by atoms with E-state index in [4.69, 9.17) is 5.11 Å².